The zero-order valence-corrected chi connectivity index (χ0v) is 28.0. The van der Waals surface area contributed by atoms with Crippen LogP contribution in [0.2, 0.25) is 0 Å². The molecular weight excluding hydrogens is 510 g/mol. The molecule has 0 saturated carbocycles. The first kappa shape index (κ1) is 42.5. The van der Waals surface area contributed by atoms with Gasteiger partial charge in [-0.3, -0.25) is 4.79 Å². The average molecular weight is 586 g/mol. The fourth-order valence-corrected chi connectivity index (χ4v) is 5.41. The first-order valence-corrected chi connectivity index (χ1v) is 18.3. The van der Waals surface area contributed by atoms with Crippen LogP contribution in [0.5, 0.6) is 0 Å². The lowest BCUT2D eigenvalue weighted by molar-refractivity contribution is -0.137. The van der Waals surface area contributed by atoms with E-state index in [1.807, 2.05) is 0 Å². The zero-order chi connectivity index (χ0) is 30.5. The number of hydrogen-bond acceptors (Lipinski definition) is 4. The molecule has 41 heavy (non-hydrogen) atoms. The van der Waals surface area contributed by atoms with Crippen molar-refractivity contribution >= 4 is 5.97 Å². The van der Waals surface area contributed by atoms with E-state index in [0.717, 1.165) is 19.3 Å². The molecule has 0 amide bonds. The van der Waals surface area contributed by atoms with Gasteiger partial charge in [0.05, 0.1) is 13.2 Å². The van der Waals surface area contributed by atoms with Crippen LogP contribution in [0, 0.1) is 0 Å². The van der Waals surface area contributed by atoms with Gasteiger partial charge in [-0.15, -0.1) is 0 Å². The highest BCUT2D eigenvalue weighted by atomic mass is 16.4. The molecule has 0 bridgehead atoms. The van der Waals surface area contributed by atoms with Crippen LogP contribution in [0.3, 0.4) is 0 Å². The lowest BCUT2D eigenvalue weighted by atomic mass is 10.0. The van der Waals surface area contributed by atoms with Crippen molar-refractivity contribution in [1.29, 1.82) is 0 Å². The predicted molar refractivity (Wildman–Crippen MR) is 179 cm³/mol. The monoisotopic (exact) mass is 586 g/mol. The van der Waals surface area contributed by atoms with E-state index in [-0.39, 0.29) is 19.3 Å². The summed E-state index contributed by atoms with van der Waals surface area (Å²) in [6.07, 6.45) is 37.6. The van der Waals surface area contributed by atoms with Crippen LogP contribution in [0.15, 0.2) is 0 Å². The van der Waals surface area contributed by atoms with Crippen molar-refractivity contribution in [2.45, 2.75) is 206 Å². The number of carboxylic acids is 1. The van der Waals surface area contributed by atoms with Crippen molar-refractivity contribution in [3.8, 4) is 0 Å². The van der Waals surface area contributed by atoms with Gasteiger partial charge in [-0.2, -0.15) is 0 Å². The Labute approximate surface area is 257 Å². The molecule has 4 N–H and O–H groups in total. The molecule has 1 unspecified atom stereocenters. The van der Waals surface area contributed by atoms with Gasteiger partial charge in [-0.25, -0.2) is 0 Å². The lowest BCUT2D eigenvalue weighted by Gasteiger charge is -2.15. The van der Waals surface area contributed by atoms with Crippen molar-refractivity contribution in [2.24, 2.45) is 0 Å². The Morgan fingerprint density at radius 2 is 0.829 bits per heavy atom. The fourth-order valence-electron chi connectivity index (χ4n) is 5.41. The molecule has 0 aromatic heterocycles. The summed E-state index contributed by atoms with van der Waals surface area (Å²) in [6, 6.07) is 0.166. The zero-order valence-electron chi connectivity index (χ0n) is 28.0. The molecule has 0 saturated heterocycles. The Morgan fingerprint density at radius 3 is 1.12 bits per heavy atom. The minimum absolute atomic E-state index is 0.148. The Morgan fingerprint density at radius 1 is 0.512 bits per heavy atom. The summed E-state index contributed by atoms with van der Waals surface area (Å²) < 4.78 is 0. The number of aliphatic hydroxyl groups is 2. The Balaban J connectivity index is 0. The van der Waals surface area contributed by atoms with Gasteiger partial charge in [0.15, 0.2) is 0 Å². The molecular formula is C36H75NO4. The van der Waals surface area contributed by atoms with E-state index in [2.05, 4.69) is 19.2 Å². The van der Waals surface area contributed by atoms with E-state index in [1.54, 1.807) is 0 Å². The summed E-state index contributed by atoms with van der Waals surface area (Å²) in [5.41, 5.74) is 0. The highest BCUT2D eigenvalue weighted by Gasteiger charge is 2.05. The summed E-state index contributed by atoms with van der Waals surface area (Å²) >= 11 is 0. The number of rotatable bonds is 33. The first-order valence-electron chi connectivity index (χ1n) is 18.3. The van der Waals surface area contributed by atoms with Crippen molar-refractivity contribution in [3.05, 3.63) is 0 Å². The van der Waals surface area contributed by atoms with E-state index in [9.17, 15) is 9.90 Å². The van der Waals surface area contributed by atoms with Crippen LogP contribution in [0.25, 0.3) is 0 Å². The van der Waals surface area contributed by atoms with Crippen LogP contribution >= 0.6 is 0 Å². The highest BCUT2D eigenvalue weighted by Crippen LogP contribution is 2.14. The maximum Gasteiger partial charge on any atom is 0.303 e. The van der Waals surface area contributed by atoms with Gasteiger partial charge in [0.1, 0.15) is 0 Å². The maximum atomic E-state index is 10.3. The topological polar surface area (TPSA) is 89.8 Å². The van der Waals surface area contributed by atoms with Crippen LogP contribution in [-0.4, -0.2) is 47.1 Å². The molecule has 0 heterocycles. The van der Waals surface area contributed by atoms with Gasteiger partial charge in [0, 0.05) is 19.0 Å². The molecule has 248 valence electrons. The summed E-state index contributed by atoms with van der Waals surface area (Å²) in [5, 5.41) is 29.6. The van der Waals surface area contributed by atoms with Crippen molar-refractivity contribution in [2.75, 3.05) is 19.8 Å². The molecule has 0 radical (unpaired) electrons. The number of nitrogens with one attached hydrogen (secondary N) is 1. The first-order chi connectivity index (χ1) is 20.1. The number of unbranched alkanes of at least 4 members (excludes halogenated alkanes) is 25. The van der Waals surface area contributed by atoms with Gasteiger partial charge >= 0.3 is 5.97 Å². The largest absolute Gasteiger partial charge is 0.481 e. The number of carboxylic acid groups (broad SMARTS) is 1. The van der Waals surface area contributed by atoms with Crippen LogP contribution in [0.4, 0.5) is 0 Å². The summed E-state index contributed by atoms with van der Waals surface area (Å²) in [6.45, 7) is 5.45. The van der Waals surface area contributed by atoms with Gasteiger partial charge in [-0.1, -0.05) is 181 Å². The van der Waals surface area contributed by atoms with Gasteiger partial charge in [0.2, 0.25) is 0 Å². The Bertz CT molecular complexity index is 474. The van der Waals surface area contributed by atoms with Crippen molar-refractivity contribution in [1.82, 2.24) is 5.32 Å². The third-order valence-electron chi connectivity index (χ3n) is 8.17. The normalized spacial score (nSPS) is 11.8. The molecule has 0 fully saturated rings. The second-order valence-corrected chi connectivity index (χ2v) is 12.3. The van der Waals surface area contributed by atoms with E-state index in [0.29, 0.717) is 13.0 Å². The predicted octanol–water partition coefficient (Wildman–Crippen LogP) is 10.4. The molecule has 1 atom stereocenters. The van der Waals surface area contributed by atoms with Crippen molar-refractivity contribution < 1.29 is 20.1 Å². The highest BCUT2D eigenvalue weighted by molar-refractivity contribution is 5.66. The number of carbonyl (C=O) groups is 1. The molecule has 0 aromatic carbocycles. The second-order valence-electron chi connectivity index (χ2n) is 12.3. The fraction of sp³-hybridized carbons (Fsp3) is 0.972. The minimum atomic E-state index is -0.655. The molecule has 0 aliphatic heterocycles. The summed E-state index contributed by atoms with van der Waals surface area (Å²) in [5.74, 6) is -0.655. The second kappa shape index (κ2) is 39.4. The quantitative estimate of drug-likeness (QED) is 0.0575. The summed E-state index contributed by atoms with van der Waals surface area (Å²) in [7, 11) is 0. The Kier molecular flexibility index (Phi) is 40.8. The molecule has 0 rings (SSSR count). The third-order valence-corrected chi connectivity index (χ3v) is 8.17. The van der Waals surface area contributed by atoms with Crippen LogP contribution in [0.1, 0.15) is 200 Å². The number of aliphatic hydroxyl groups excluding tert-OH is 2. The van der Waals surface area contributed by atoms with Gasteiger partial charge < -0.3 is 20.6 Å². The van der Waals surface area contributed by atoms with Crippen LogP contribution in [-0.2, 0) is 4.79 Å². The van der Waals surface area contributed by atoms with E-state index in [1.165, 1.54) is 161 Å². The SMILES string of the molecule is CCCCCCCCCCCCCCCC(=O)O.CCCCCCCCCCCCCCCCC(CO)NCCO. The maximum absolute atomic E-state index is 10.3. The number of aliphatic carboxylic acids is 1. The smallest absolute Gasteiger partial charge is 0.303 e. The molecule has 5 heteroatoms. The third kappa shape index (κ3) is 41.5. The molecule has 0 spiro atoms. The van der Waals surface area contributed by atoms with Crippen molar-refractivity contribution in [3.63, 3.8) is 0 Å². The average Bonchev–Trinajstić information content (AvgIpc) is 2.97. The standard InChI is InChI=1S/C20H43NO2.C16H32O2/c1-2-3-4-5-6-7-8-9-10-11-12-13-14-15-16-20(19-23)21-17-18-22;1-2-3-4-5-6-7-8-9-10-11-12-13-14-15-16(17)18/h20-23H,2-19H2,1H3;2-15H2,1H3,(H,17,18). The molecule has 0 aliphatic rings. The van der Waals surface area contributed by atoms with Gasteiger partial charge in [0.25, 0.3) is 0 Å². The molecule has 5 nitrogen and oxygen atoms in total. The molecule has 0 aromatic rings. The van der Waals surface area contributed by atoms with E-state index >= 15 is 0 Å². The Hall–Kier alpha value is -0.650. The van der Waals surface area contributed by atoms with Gasteiger partial charge in [-0.05, 0) is 12.8 Å². The molecule has 0 aliphatic carbocycles. The number of hydrogen-bond donors (Lipinski definition) is 4. The lowest BCUT2D eigenvalue weighted by Crippen LogP contribution is -2.34. The minimum Gasteiger partial charge on any atom is -0.481 e. The summed E-state index contributed by atoms with van der Waals surface area (Å²) in [4.78, 5) is 10.3. The van der Waals surface area contributed by atoms with Crippen LogP contribution < -0.4 is 5.32 Å². The van der Waals surface area contributed by atoms with E-state index in [4.69, 9.17) is 10.2 Å². The van der Waals surface area contributed by atoms with E-state index < -0.39 is 5.97 Å².